The summed E-state index contributed by atoms with van der Waals surface area (Å²) < 4.78 is 41.2. The summed E-state index contributed by atoms with van der Waals surface area (Å²) in [6.07, 6.45) is 0.516. The predicted molar refractivity (Wildman–Crippen MR) is 78.4 cm³/mol. The van der Waals surface area contributed by atoms with Crippen molar-refractivity contribution in [1.29, 1.82) is 0 Å². The first-order chi connectivity index (χ1) is 9.48. The van der Waals surface area contributed by atoms with Crippen LogP contribution in [-0.4, -0.2) is 32.4 Å². The van der Waals surface area contributed by atoms with Crippen molar-refractivity contribution >= 4 is 21.4 Å². The lowest BCUT2D eigenvalue weighted by atomic mass is 10.2. The van der Waals surface area contributed by atoms with E-state index in [1.165, 1.54) is 18.2 Å². The first-order valence-corrected chi connectivity index (χ1v) is 8.51. The molecule has 0 aliphatic carbocycles. The summed E-state index contributed by atoms with van der Waals surface area (Å²) >= 11 is 5.52. The van der Waals surface area contributed by atoms with Gasteiger partial charge in [-0.25, -0.2) is 12.8 Å². The molecule has 0 unspecified atom stereocenters. The number of sulfone groups is 1. The summed E-state index contributed by atoms with van der Waals surface area (Å²) in [6, 6.07) is 3.98. The van der Waals surface area contributed by atoms with E-state index in [0.717, 1.165) is 0 Å². The van der Waals surface area contributed by atoms with Gasteiger partial charge in [0, 0.05) is 24.1 Å². The topological polar surface area (TPSA) is 43.4 Å². The number of hydrogen-bond acceptors (Lipinski definition) is 3. The number of hydrogen-bond donors (Lipinski definition) is 0. The van der Waals surface area contributed by atoms with Crippen LogP contribution in [0, 0.1) is 17.7 Å². The fourth-order valence-electron chi connectivity index (χ4n) is 1.35. The number of rotatable bonds is 6. The van der Waals surface area contributed by atoms with Gasteiger partial charge in [0.05, 0.1) is 11.3 Å². The van der Waals surface area contributed by atoms with Gasteiger partial charge < -0.3 is 4.74 Å². The van der Waals surface area contributed by atoms with Crippen LogP contribution in [0.4, 0.5) is 4.39 Å². The van der Waals surface area contributed by atoms with Gasteiger partial charge in [-0.3, -0.25) is 0 Å². The Morgan fingerprint density at radius 2 is 2.15 bits per heavy atom. The number of benzene rings is 1. The third-order valence-corrected chi connectivity index (χ3v) is 4.34. The molecule has 0 saturated heterocycles. The maximum atomic E-state index is 13.2. The highest BCUT2D eigenvalue weighted by Gasteiger charge is 2.09. The normalized spacial score (nSPS) is 10.8. The molecule has 110 valence electrons. The molecular formula is C14H16ClFO3S. The molecule has 0 atom stereocenters. The summed E-state index contributed by atoms with van der Waals surface area (Å²) in [5.41, 5.74) is 0.519. The number of ether oxygens (including phenoxy) is 1. The Labute approximate surface area is 124 Å². The number of halogens is 2. The first kappa shape index (κ1) is 16.8. The maximum Gasteiger partial charge on any atom is 0.153 e. The predicted octanol–water partition coefficient (Wildman–Crippen LogP) is 2.62. The van der Waals surface area contributed by atoms with Gasteiger partial charge in [-0.15, -0.1) is 11.6 Å². The van der Waals surface area contributed by atoms with Crippen molar-refractivity contribution in [2.24, 2.45) is 0 Å². The summed E-state index contributed by atoms with van der Waals surface area (Å²) in [7, 11) is -3.11. The molecule has 1 rings (SSSR count). The molecule has 3 nitrogen and oxygen atoms in total. The van der Waals surface area contributed by atoms with Crippen molar-refractivity contribution < 1.29 is 17.5 Å². The largest absolute Gasteiger partial charge is 0.491 e. The quantitative estimate of drug-likeness (QED) is 0.598. The van der Waals surface area contributed by atoms with Crippen molar-refractivity contribution in [2.45, 2.75) is 13.3 Å². The SMILES string of the molecule is CCS(=O)(=O)CCOc1cc(F)ccc1C#CCCCl. The van der Waals surface area contributed by atoms with E-state index in [0.29, 0.717) is 17.9 Å². The van der Waals surface area contributed by atoms with Gasteiger partial charge >= 0.3 is 0 Å². The Morgan fingerprint density at radius 1 is 1.40 bits per heavy atom. The molecule has 20 heavy (non-hydrogen) atoms. The van der Waals surface area contributed by atoms with Crippen molar-refractivity contribution in [1.82, 2.24) is 0 Å². The molecule has 0 N–H and O–H groups in total. The zero-order chi connectivity index (χ0) is 15.0. The van der Waals surface area contributed by atoms with Crippen LogP contribution in [-0.2, 0) is 9.84 Å². The van der Waals surface area contributed by atoms with E-state index in [1.807, 2.05) is 0 Å². The van der Waals surface area contributed by atoms with Gasteiger partial charge in [-0.2, -0.15) is 0 Å². The standard InChI is InChI=1S/C14H16ClFO3S/c1-2-20(17,18)10-9-19-14-11-13(16)7-6-12(14)5-3-4-8-15/h6-7,11H,2,4,8-10H2,1H3. The van der Waals surface area contributed by atoms with Crippen LogP contribution in [0.5, 0.6) is 5.75 Å². The zero-order valence-electron chi connectivity index (χ0n) is 11.2. The van der Waals surface area contributed by atoms with Gasteiger partial charge in [0.15, 0.2) is 9.84 Å². The summed E-state index contributed by atoms with van der Waals surface area (Å²) in [4.78, 5) is 0. The molecule has 0 radical (unpaired) electrons. The van der Waals surface area contributed by atoms with Crippen LogP contribution in [0.15, 0.2) is 18.2 Å². The highest BCUT2D eigenvalue weighted by Crippen LogP contribution is 2.19. The highest BCUT2D eigenvalue weighted by atomic mass is 35.5. The van der Waals surface area contributed by atoms with Gasteiger partial charge in [-0.05, 0) is 12.1 Å². The van der Waals surface area contributed by atoms with Crippen LogP contribution >= 0.6 is 11.6 Å². The average molecular weight is 319 g/mol. The minimum atomic E-state index is -3.11. The third kappa shape index (κ3) is 5.81. The van der Waals surface area contributed by atoms with E-state index in [4.69, 9.17) is 16.3 Å². The molecule has 0 amide bonds. The zero-order valence-corrected chi connectivity index (χ0v) is 12.7. The molecule has 0 aliphatic rings. The van der Waals surface area contributed by atoms with Crippen molar-refractivity contribution in [3.63, 3.8) is 0 Å². The van der Waals surface area contributed by atoms with E-state index in [1.54, 1.807) is 6.92 Å². The van der Waals surface area contributed by atoms with E-state index >= 15 is 0 Å². The molecule has 0 bridgehead atoms. The van der Waals surface area contributed by atoms with Crippen LogP contribution in [0.2, 0.25) is 0 Å². The van der Waals surface area contributed by atoms with Crippen molar-refractivity contribution in [3.8, 4) is 17.6 Å². The molecule has 0 saturated carbocycles. The molecular weight excluding hydrogens is 303 g/mol. The Morgan fingerprint density at radius 3 is 2.80 bits per heavy atom. The molecule has 0 fully saturated rings. The Hall–Kier alpha value is -1.25. The first-order valence-electron chi connectivity index (χ1n) is 6.16. The summed E-state index contributed by atoms with van der Waals surface area (Å²) in [5, 5.41) is 0. The Balaban J connectivity index is 2.78. The second-order valence-corrected chi connectivity index (χ2v) is 6.82. The van der Waals surface area contributed by atoms with Crippen LogP contribution < -0.4 is 4.74 Å². The molecule has 6 heteroatoms. The lowest BCUT2D eigenvalue weighted by Gasteiger charge is -2.08. The lowest BCUT2D eigenvalue weighted by molar-refractivity contribution is 0.338. The van der Waals surface area contributed by atoms with Gasteiger partial charge in [0.1, 0.15) is 18.2 Å². The van der Waals surface area contributed by atoms with E-state index in [9.17, 15) is 12.8 Å². The molecule has 0 aliphatic heterocycles. The molecule has 0 heterocycles. The number of alkyl halides is 1. The minimum Gasteiger partial charge on any atom is -0.491 e. The Bertz CT molecular complexity index is 603. The van der Waals surface area contributed by atoms with Crippen LogP contribution in [0.3, 0.4) is 0 Å². The average Bonchev–Trinajstić information content (AvgIpc) is 2.41. The summed E-state index contributed by atoms with van der Waals surface area (Å²) in [6.45, 7) is 1.55. The van der Waals surface area contributed by atoms with E-state index < -0.39 is 15.7 Å². The van der Waals surface area contributed by atoms with E-state index in [-0.39, 0.29) is 23.9 Å². The van der Waals surface area contributed by atoms with Crippen molar-refractivity contribution in [3.05, 3.63) is 29.6 Å². The molecule has 1 aromatic rings. The van der Waals surface area contributed by atoms with E-state index in [2.05, 4.69) is 11.8 Å². The molecule has 0 spiro atoms. The van der Waals surface area contributed by atoms with Gasteiger partial charge in [0.2, 0.25) is 0 Å². The highest BCUT2D eigenvalue weighted by molar-refractivity contribution is 7.91. The van der Waals surface area contributed by atoms with Crippen LogP contribution in [0.1, 0.15) is 18.9 Å². The van der Waals surface area contributed by atoms with Crippen molar-refractivity contribution in [2.75, 3.05) is 24.0 Å². The molecule has 0 aromatic heterocycles. The monoisotopic (exact) mass is 318 g/mol. The van der Waals surface area contributed by atoms with Crippen LogP contribution in [0.25, 0.3) is 0 Å². The summed E-state index contributed by atoms with van der Waals surface area (Å²) in [5.74, 6) is 5.82. The van der Waals surface area contributed by atoms with Gasteiger partial charge in [-0.1, -0.05) is 18.8 Å². The third-order valence-electron chi connectivity index (χ3n) is 2.48. The molecule has 1 aromatic carbocycles. The fraction of sp³-hybridized carbons (Fsp3) is 0.429. The van der Waals surface area contributed by atoms with Gasteiger partial charge in [0.25, 0.3) is 0 Å². The lowest BCUT2D eigenvalue weighted by Crippen LogP contribution is -2.16. The maximum absolute atomic E-state index is 13.2. The minimum absolute atomic E-state index is 0.0240. The second kappa shape index (κ2) is 8.13. The smallest absolute Gasteiger partial charge is 0.153 e. The fourth-order valence-corrected chi connectivity index (χ4v) is 2.07. The second-order valence-electron chi connectivity index (χ2n) is 3.97. The Kier molecular flexibility index (Phi) is 6.83.